The smallest absolute Gasteiger partial charge is 0.247 e. The first-order valence-corrected chi connectivity index (χ1v) is 7.83. The second-order valence-corrected chi connectivity index (χ2v) is 6.66. The SMILES string of the molecule is COc1ccc(CN)cc1S(=O)(=O)N1CCCC1C. The molecule has 6 heteroatoms. The maximum Gasteiger partial charge on any atom is 0.247 e. The lowest BCUT2D eigenvalue weighted by Crippen LogP contribution is -2.34. The molecule has 1 aliphatic heterocycles. The van der Waals surface area contributed by atoms with Crippen LogP contribution in [0.4, 0.5) is 0 Å². The van der Waals surface area contributed by atoms with Crippen LogP contribution in [0.2, 0.25) is 0 Å². The Kier molecular flexibility index (Phi) is 4.13. The van der Waals surface area contributed by atoms with Crippen LogP contribution < -0.4 is 10.5 Å². The summed E-state index contributed by atoms with van der Waals surface area (Å²) in [7, 11) is -2.03. The molecule has 0 aromatic heterocycles. The maximum atomic E-state index is 12.7. The Morgan fingerprint density at radius 1 is 1.47 bits per heavy atom. The Labute approximate surface area is 114 Å². The van der Waals surface area contributed by atoms with Crippen molar-refractivity contribution in [1.82, 2.24) is 4.31 Å². The molecule has 1 aromatic rings. The summed E-state index contributed by atoms with van der Waals surface area (Å²) in [5.74, 6) is 0.372. The molecule has 1 unspecified atom stereocenters. The zero-order chi connectivity index (χ0) is 14.0. The molecule has 2 N–H and O–H groups in total. The lowest BCUT2D eigenvalue weighted by Gasteiger charge is -2.22. The van der Waals surface area contributed by atoms with Crippen molar-refractivity contribution in [3.05, 3.63) is 23.8 Å². The van der Waals surface area contributed by atoms with Gasteiger partial charge in [0.2, 0.25) is 10.0 Å². The molecule has 1 atom stereocenters. The van der Waals surface area contributed by atoms with Crippen molar-refractivity contribution in [3.8, 4) is 5.75 Å². The summed E-state index contributed by atoms with van der Waals surface area (Å²) < 4.78 is 32.1. The van der Waals surface area contributed by atoms with E-state index in [1.54, 1.807) is 22.5 Å². The normalized spacial score (nSPS) is 20.7. The van der Waals surface area contributed by atoms with E-state index in [-0.39, 0.29) is 10.9 Å². The van der Waals surface area contributed by atoms with Crippen LogP contribution in [0, 0.1) is 0 Å². The second-order valence-electron chi connectivity index (χ2n) is 4.80. The van der Waals surface area contributed by atoms with Crippen LogP contribution in [0.3, 0.4) is 0 Å². The molecule has 106 valence electrons. The standard InChI is InChI=1S/C13H20N2O3S/c1-10-4-3-7-15(10)19(16,17)13-8-11(9-14)5-6-12(13)18-2/h5-6,8,10H,3-4,7,9,14H2,1-2H3. The van der Waals surface area contributed by atoms with Crippen LogP contribution in [0.5, 0.6) is 5.75 Å². The number of methoxy groups -OCH3 is 1. The Morgan fingerprint density at radius 3 is 2.74 bits per heavy atom. The molecule has 1 fully saturated rings. The molecule has 1 saturated heterocycles. The van der Waals surface area contributed by atoms with Crippen molar-refractivity contribution < 1.29 is 13.2 Å². The van der Waals surface area contributed by atoms with E-state index >= 15 is 0 Å². The van der Waals surface area contributed by atoms with Gasteiger partial charge < -0.3 is 10.5 Å². The van der Waals surface area contributed by atoms with Gasteiger partial charge in [0.25, 0.3) is 0 Å². The van der Waals surface area contributed by atoms with Gasteiger partial charge in [-0.3, -0.25) is 0 Å². The Morgan fingerprint density at radius 2 is 2.21 bits per heavy atom. The lowest BCUT2D eigenvalue weighted by molar-refractivity contribution is 0.386. The van der Waals surface area contributed by atoms with Gasteiger partial charge in [0.15, 0.2) is 0 Å². The topological polar surface area (TPSA) is 72.6 Å². The molecule has 0 radical (unpaired) electrons. The van der Waals surface area contributed by atoms with Gasteiger partial charge in [0, 0.05) is 19.1 Å². The summed E-state index contributed by atoms with van der Waals surface area (Å²) in [5, 5.41) is 0. The summed E-state index contributed by atoms with van der Waals surface area (Å²) in [6.07, 6.45) is 1.80. The summed E-state index contributed by atoms with van der Waals surface area (Å²) in [6, 6.07) is 5.09. The third-order valence-corrected chi connectivity index (χ3v) is 5.58. The average Bonchev–Trinajstić information content (AvgIpc) is 2.85. The van der Waals surface area contributed by atoms with Gasteiger partial charge in [-0.15, -0.1) is 0 Å². The van der Waals surface area contributed by atoms with E-state index in [1.807, 2.05) is 6.92 Å². The third kappa shape index (κ3) is 2.61. The van der Waals surface area contributed by atoms with Crippen molar-refractivity contribution in [1.29, 1.82) is 0 Å². The number of rotatable bonds is 4. The van der Waals surface area contributed by atoms with Gasteiger partial charge in [0.1, 0.15) is 10.6 Å². The molecule has 0 bridgehead atoms. The molecular weight excluding hydrogens is 264 g/mol. The molecule has 19 heavy (non-hydrogen) atoms. The van der Waals surface area contributed by atoms with Crippen LogP contribution >= 0.6 is 0 Å². The maximum absolute atomic E-state index is 12.7. The van der Waals surface area contributed by atoms with E-state index in [4.69, 9.17) is 10.5 Å². The van der Waals surface area contributed by atoms with Crippen molar-refractivity contribution in [3.63, 3.8) is 0 Å². The van der Waals surface area contributed by atoms with Crippen molar-refractivity contribution in [2.45, 2.75) is 37.2 Å². The number of sulfonamides is 1. The monoisotopic (exact) mass is 284 g/mol. The van der Waals surface area contributed by atoms with E-state index in [0.29, 0.717) is 18.8 Å². The molecule has 0 amide bonds. The van der Waals surface area contributed by atoms with Gasteiger partial charge in [-0.1, -0.05) is 6.07 Å². The number of nitrogens with zero attached hydrogens (tertiary/aromatic N) is 1. The van der Waals surface area contributed by atoms with Crippen LogP contribution in [0.1, 0.15) is 25.3 Å². The third-order valence-electron chi connectivity index (χ3n) is 3.54. The highest BCUT2D eigenvalue weighted by molar-refractivity contribution is 7.89. The number of nitrogens with two attached hydrogens (primary N) is 1. The highest BCUT2D eigenvalue weighted by atomic mass is 32.2. The molecule has 0 aliphatic carbocycles. The summed E-state index contributed by atoms with van der Waals surface area (Å²) in [5.41, 5.74) is 6.37. The highest BCUT2D eigenvalue weighted by Crippen LogP contribution is 2.31. The van der Waals surface area contributed by atoms with Gasteiger partial charge in [-0.05, 0) is 37.5 Å². The number of ether oxygens (including phenoxy) is 1. The lowest BCUT2D eigenvalue weighted by atomic mass is 10.2. The van der Waals surface area contributed by atoms with E-state index in [1.165, 1.54) is 7.11 Å². The van der Waals surface area contributed by atoms with E-state index in [9.17, 15) is 8.42 Å². The van der Waals surface area contributed by atoms with Crippen molar-refractivity contribution in [2.24, 2.45) is 5.73 Å². The van der Waals surface area contributed by atoms with Crippen molar-refractivity contribution >= 4 is 10.0 Å². The first-order valence-electron chi connectivity index (χ1n) is 6.39. The predicted molar refractivity (Wildman–Crippen MR) is 73.5 cm³/mol. The van der Waals surface area contributed by atoms with Crippen molar-refractivity contribution in [2.75, 3.05) is 13.7 Å². The van der Waals surface area contributed by atoms with Crippen LogP contribution in [0.15, 0.2) is 23.1 Å². The Balaban J connectivity index is 2.49. The predicted octanol–water partition coefficient (Wildman–Crippen LogP) is 1.33. The van der Waals surface area contributed by atoms with Gasteiger partial charge in [-0.25, -0.2) is 8.42 Å². The minimum absolute atomic E-state index is 0.0382. The minimum atomic E-state index is -3.51. The largest absolute Gasteiger partial charge is 0.495 e. The number of hydrogen-bond donors (Lipinski definition) is 1. The molecule has 0 spiro atoms. The van der Waals surface area contributed by atoms with Gasteiger partial charge in [0.05, 0.1) is 7.11 Å². The molecule has 1 aliphatic rings. The molecular formula is C13H20N2O3S. The fourth-order valence-electron chi connectivity index (χ4n) is 2.44. The van der Waals surface area contributed by atoms with E-state index < -0.39 is 10.0 Å². The zero-order valence-electron chi connectivity index (χ0n) is 11.3. The van der Waals surface area contributed by atoms with E-state index in [2.05, 4.69) is 0 Å². The average molecular weight is 284 g/mol. The first-order chi connectivity index (χ1) is 9.00. The van der Waals surface area contributed by atoms with Crippen LogP contribution in [0.25, 0.3) is 0 Å². The fraction of sp³-hybridized carbons (Fsp3) is 0.538. The number of benzene rings is 1. The molecule has 5 nitrogen and oxygen atoms in total. The summed E-state index contributed by atoms with van der Waals surface area (Å²) >= 11 is 0. The quantitative estimate of drug-likeness (QED) is 0.905. The molecule has 2 rings (SSSR count). The van der Waals surface area contributed by atoms with Crippen LogP contribution in [-0.2, 0) is 16.6 Å². The van der Waals surface area contributed by atoms with E-state index in [0.717, 1.165) is 18.4 Å². The second kappa shape index (κ2) is 5.48. The minimum Gasteiger partial charge on any atom is -0.495 e. The van der Waals surface area contributed by atoms with Crippen LogP contribution in [-0.4, -0.2) is 32.4 Å². The zero-order valence-corrected chi connectivity index (χ0v) is 12.1. The fourth-order valence-corrected chi connectivity index (χ4v) is 4.35. The summed E-state index contributed by atoms with van der Waals surface area (Å²) in [4.78, 5) is 0.215. The molecule has 1 aromatic carbocycles. The summed E-state index contributed by atoms with van der Waals surface area (Å²) in [6.45, 7) is 2.81. The van der Waals surface area contributed by atoms with Gasteiger partial charge in [-0.2, -0.15) is 4.31 Å². The Hall–Kier alpha value is -1.11. The Bertz CT molecular complexity index is 557. The number of hydrogen-bond acceptors (Lipinski definition) is 4. The first kappa shape index (κ1) is 14.3. The molecule has 1 heterocycles. The van der Waals surface area contributed by atoms with Gasteiger partial charge >= 0.3 is 0 Å². The highest BCUT2D eigenvalue weighted by Gasteiger charge is 2.34. The molecule has 0 saturated carbocycles.